The fourth-order valence-electron chi connectivity index (χ4n) is 4.60. The first kappa shape index (κ1) is 28.8. The van der Waals surface area contributed by atoms with Crippen LogP contribution in [0, 0.1) is 5.92 Å². The number of rotatable bonds is 15. The van der Waals surface area contributed by atoms with Crippen LogP contribution in [0.5, 0.6) is 0 Å². The first-order valence-electron chi connectivity index (χ1n) is 12.8. The Balaban J connectivity index is 2.00. The summed E-state index contributed by atoms with van der Waals surface area (Å²) < 4.78 is 15.7. The van der Waals surface area contributed by atoms with E-state index in [-0.39, 0.29) is 36.9 Å². The Bertz CT molecular complexity index is 820. The van der Waals surface area contributed by atoms with Gasteiger partial charge in [-0.25, -0.2) is 9.59 Å². The minimum atomic E-state index is -0.667. The molecule has 1 aromatic rings. The molecule has 6 heteroatoms. The number of carbonyl (C=O) groups excluding carboxylic acids is 2. The van der Waals surface area contributed by atoms with Gasteiger partial charge in [-0.3, -0.25) is 0 Å². The van der Waals surface area contributed by atoms with Crippen molar-refractivity contribution < 1.29 is 28.9 Å². The summed E-state index contributed by atoms with van der Waals surface area (Å²) in [5, 5.41) is 9.11. The molecular weight excluding hydrogens is 444 g/mol. The number of esters is 2. The van der Waals surface area contributed by atoms with Gasteiger partial charge in [0.2, 0.25) is 0 Å². The topological polar surface area (TPSA) is 82.1 Å². The summed E-state index contributed by atoms with van der Waals surface area (Å²) in [5.74, 6) is -0.124. The van der Waals surface area contributed by atoms with E-state index in [1.807, 2.05) is 12.1 Å². The number of hydrogen-bond acceptors (Lipinski definition) is 6. The van der Waals surface area contributed by atoms with Gasteiger partial charge in [0.05, 0.1) is 30.3 Å². The normalized spacial score (nSPS) is 18.5. The maximum absolute atomic E-state index is 12.2. The highest BCUT2D eigenvalue weighted by Gasteiger charge is 2.23. The van der Waals surface area contributed by atoms with Crippen LogP contribution < -0.4 is 0 Å². The highest BCUT2D eigenvalue weighted by molar-refractivity contribution is 5.88. The summed E-state index contributed by atoms with van der Waals surface area (Å²) in [6.07, 6.45) is 10.4. The number of carbonyl (C=O) groups is 2. The van der Waals surface area contributed by atoms with Gasteiger partial charge in [-0.2, -0.15) is 0 Å². The third-order valence-electron chi connectivity index (χ3n) is 6.86. The predicted octanol–water partition coefficient (Wildman–Crippen LogP) is 5.46. The van der Waals surface area contributed by atoms with E-state index in [4.69, 9.17) is 19.3 Å². The number of aliphatic hydroxyl groups is 1. The molecule has 0 aromatic heterocycles. The Morgan fingerprint density at radius 3 is 2.11 bits per heavy atom. The highest BCUT2D eigenvalue weighted by Crippen LogP contribution is 2.38. The minimum Gasteiger partial charge on any atom is -0.461 e. The fraction of sp³-hybridized carbons (Fsp3) is 0.586. The molecule has 1 atom stereocenters. The van der Waals surface area contributed by atoms with Gasteiger partial charge in [-0.15, -0.1) is 0 Å². The van der Waals surface area contributed by atoms with Crippen LogP contribution in [-0.2, 0) is 23.8 Å². The molecule has 6 nitrogen and oxygen atoms in total. The molecule has 1 aromatic carbocycles. The molecule has 1 saturated carbocycles. The first-order chi connectivity index (χ1) is 16.9. The molecule has 2 rings (SSSR count). The lowest BCUT2D eigenvalue weighted by Crippen LogP contribution is -2.22. The molecule has 1 N–H and O–H groups in total. The number of ether oxygens (including phenoxy) is 3. The fourth-order valence-corrected chi connectivity index (χ4v) is 4.60. The second kappa shape index (κ2) is 15.5. The van der Waals surface area contributed by atoms with Crippen LogP contribution in [0.2, 0.25) is 0 Å². The zero-order chi connectivity index (χ0) is 25.6. The van der Waals surface area contributed by atoms with Crippen molar-refractivity contribution in [3.8, 4) is 0 Å². The number of hydrogen-bond donors (Lipinski definition) is 1. The summed E-state index contributed by atoms with van der Waals surface area (Å²) in [7, 11) is 1.48. The summed E-state index contributed by atoms with van der Waals surface area (Å²) in [4.78, 5) is 24.2. The van der Waals surface area contributed by atoms with Gasteiger partial charge in [0.25, 0.3) is 0 Å². The molecule has 35 heavy (non-hydrogen) atoms. The van der Waals surface area contributed by atoms with Crippen molar-refractivity contribution in [3.05, 3.63) is 59.7 Å². The van der Waals surface area contributed by atoms with Gasteiger partial charge in [0, 0.05) is 7.11 Å². The molecule has 1 fully saturated rings. The van der Waals surface area contributed by atoms with Crippen LogP contribution in [0.25, 0.3) is 0 Å². The van der Waals surface area contributed by atoms with Crippen molar-refractivity contribution in [3.63, 3.8) is 0 Å². The number of methoxy groups -OCH3 is 1. The standard InChI is InChI=1S/C29H42O6/c1-5-6-7-8-23-9-11-24(12-10-23)25-13-15-26(16-14-25)27(19-34-28(31)21(2)17-30)20-35-29(32)22(3)18-33-4/h13-16,23-24,27,30H,2-3,5-12,17-20H2,1,4H3. The van der Waals surface area contributed by atoms with Crippen molar-refractivity contribution >= 4 is 11.9 Å². The maximum atomic E-state index is 12.2. The summed E-state index contributed by atoms with van der Waals surface area (Å²) in [6.45, 7) is 9.07. The smallest absolute Gasteiger partial charge is 0.335 e. The average Bonchev–Trinajstić information content (AvgIpc) is 2.88. The first-order valence-corrected chi connectivity index (χ1v) is 12.8. The molecule has 0 saturated heterocycles. The minimum absolute atomic E-state index is 0.00407. The Morgan fingerprint density at radius 2 is 1.57 bits per heavy atom. The van der Waals surface area contributed by atoms with Crippen molar-refractivity contribution in [2.75, 3.05) is 33.5 Å². The molecule has 0 bridgehead atoms. The zero-order valence-corrected chi connectivity index (χ0v) is 21.4. The van der Waals surface area contributed by atoms with Crippen molar-refractivity contribution in [2.45, 2.75) is 70.1 Å². The van der Waals surface area contributed by atoms with Crippen LogP contribution in [0.15, 0.2) is 48.6 Å². The molecule has 194 valence electrons. The van der Waals surface area contributed by atoms with E-state index in [0.29, 0.717) is 5.92 Å². The van der Waals surface area contributed by atoms with E-state index >= 15 is 0 Å². The summed E-state index contributed by atoms with van der Waals surface area (Å²) in [5.41, 5.74) is 2.44. The quantitative estimate of drug-likeness (QED) is 0.201. The van der Waals surface area contributed by atoms with E-state index in [9.17, 15) is 9.59 Å². The predicted molar refractivity (Wildman–Crippen MR) is 137 cm³/mol. The van der Waals surface area contributed by atoms with E-state index in [1.165, 1.54) is 64.0 Å². The molecular formula is C29H42O6. The number of aliphatic hydroxyl groups excluding tert-OH is 1. The van der Waals surface area contributed by atoms with Crippen molar-refractivity contribution in [1.82, 2.24) is 0 Å². The Hall–Kier alpha value is -2.44. The lowest BCUT2D eigenvalue weighted by molar-refractivity contribution is -0.143. The molecule has 0 amide bonds. The Morgan fingerprint density at radius 1 is 0.971 bits per heavy atom. The van der Waals surface area contributed by atoms with Gasteiger partial charge < -0.3 is 19.3 Å². The summed E-state index contributed by atoms with van der Waals surface area (Å²) in [6, 6.07) is 8.34. The molecule has 1 aliphatic rings. The molecule has 1 unspecified atom stereocenters. The van der Waals surface area contributed by atoms with E-state index < -0.39 is 18.5 Å². The summed E-state index contributed by atoms with van der Waals surface area (Å²) >= 11 is 0. The lowest BCUT2D eigenvalue weighted by atomic mass is 9.77. The van der Waals surface area contributed by atoms with E-state index in [2.05, 4.69) is 32.2 Å². The van der Waals surface area contributed by atoms with Crippen LogP contribution in [0.1, 0.15) is 81.3 Å². The van der Waals surface area contributed by atoms with E-state index in [1.54, 1.807) is 0 Å². The third kappa shape index (κ3) is 9.61. The van der Waals surface area contributed by atoms with Crippen molar-refractivity contribution in [2.24, 2.45) is 5.92 Å². The van der Waals surface area contributed by atoms with Crippen molar-refractivity contribution in [1.29, 1.82) is 0 Å². The van der Waals surface area contributed by atoms with Crippen LogP contribution in [-0.4, -0.2) is 50.6 Å². The lowest BCUT2D eigenvalue weighted by Gasteiger charge is -2.29. The molecule has 0 heterocycles. The van der Waals surface area contributed by atoms with Gasteiger partial charge >= 0.3 is 11.9 Å². The maximum Gasteiger partial charge on any atom is 0.335 e. The van der Waals surface area contributed by atoms with Crippen LogP contribution >= 0.6 is 0 Å². The van der Waals surface area contributed by atoms with Gasteiger partial charge in [0.1, 0.15) is 13.2 Å². The molecule has 0 aliphatic heterocycles. The molecule has 0 radical (unpaired) electrons. The molecule has 0 spiro atoms. The van der Waals surface area contributed by atoms with Gasteiger partial charge in [0.15, 0.2) is 0 Å². The molecule has 1 aliphatic carbocycles. The van der Waals surface area contributed by atoms with Crippen LogP contribution in [0.3, 0.4) is 0 Å². The van der Waals surface area contributed by atoms with Gasteiger partial charge in [-0.1, -0.05) is 70.0 Å². The Labute approximate surface area is 210 Å². The SMILES string of the molecule is C=C(CO)C(=O)OCC(COC(=O)C(=C)COC)c1ccc(C2CCC(CCCCC)CC2)cc1. The largest absolute Gasteiger partial charge is 0.461 e. The third-order valence-corrected chi connectivity index (χ3v) is 6.86. The average molecular weight is 487 g/mol. The second-order valence-corrected chi connectivity index (χ2v) is 9.57. The second-order valence-electron chi connectivity index (χ2n) is 9.57. The van der Waals surface area contributed by atoms with E-state index in [0.717, 1.165) is 11.5 Å². The zero-order valence-electron chi connectivity index (χ0n) is 21.4. The monoisotopic (exact) mass is 486 g/mol. The number of benzene rings is 1. The highest BCUT2D eigenvalue weighted by atomic mass is 16.5. The van der Waals surface area contributed by atoms with Crippen LogP contribution in [0.4, 0.5) is 0 Å². The number of unbranched alkanes of at least 4 members (excludes halogenated alkanes) is 2. The van der Waals surface area contributed by atoms with Gasteiger partial charge in [-0.05, 0) is 48.6 Å². The Kier molecular flexibility index (Phi) is 12.8.